The Bertz CT molecular complexity index is 681. The molecule has 2 rings (SSSR count). The second-order valence-corrected chi connectivity index (χ2v) is 3.56. The van der Waals surface area contributed by atoms with Crippen LogP contribution in [0.15, 0.2) is 27.4 Å². The van der Waals surface area contributed by atoms with E-state index >= 15 is 0 Å². The number of fused-ring (bicyclic) bond motifs is 1. The second-order valence-electron chi connectivity index (χ2n) is 3.56. The van der Waals surface area contributed by atoms with Crippen molar-refractivity contribution in [2.24, 2.45) is 0 Å². The molecule has 0 amide bonds. The summed E-state index contributed by atoms with van der Waals surface area (Å²) in [7, 11) is 0. The summed E-state index contributed by atoms with van der Waals surface area (Å²) in [6.45, 7) is 1.29. The van der Waals surface area contributed by atoms with E-state index in [0.717, 1.165) is 12.1 Å². The lowest BCUT2D eigenvalue weighted by Gasteiger charge is -2.04. The summed E-state index contributed by atoms with van der Waals surface area (Å²) >= 11 is 0. The van der Waals surface area contributed by atoms with Crippen molar-refractivity contribution in [3.8, 4) is 5.75 Å². The van der Waals surface area contributed by atoms with E-state index in [4.69, 9.17) is 4.42 Å². The van der Waals surface area contributed by atoms with Crippen molar-refractivity contribution in [2.75, 3.05) is 0 Å². The van der Waals surface area contributed by atoms with Crippen LogP contribution < -0.4 is 5.63 Å². The summed E-state index contributed by atoms with van der Waals surface area (Å²) in [6.07, 6.45) is 0.500. The standard InChI is InChI=1S/C12H8O5/c1-6(14)8-3-9-7(5-13)2-12(16)17-11(9)4-10(8)15/h2-5,15H,1H3. The van der Waals surface area contributed by atoms with Crippen molar-refractivity contribution in [1.82, 2.24) is 0 Å². The summed E-state index contributed by atoms with van der Waals surface area (Å²) in [5.74, 6) is -0.622. The molecule has 1 aromatic carbocycles. The lowest BCUT2D eigenvalue weighted by Crippen LogP contribution is -2.01. The average Bonchev–Trinajstić information content (AvgIpc) is 2.26. The van der Waals surface area contributed by atoms with E-state index in [9.17, 15) is 19.5 Å². The zero-order chi connectivity index (χ0) is 12.6. The first-order chi connectivity index (χ1) is 8.02. The van der Waals surface area contributed by atoms with E-state index in [1.807, 2.05) is 0 Å². The fraction of sp³-hybridized carbons (Fsp3) is 0.0833. The number of Topliss-reactive ketones (excluding diaryl/α,β-unsaturated/α-hetero) is 1. The minimum absolute atomic E-state index is 0.0714. The lowest BCUT2D eigenvalue weighted by molar-refractivity contribution is 0.101. The van der Waals surface area contributed by atoms with Crippen molar-refractivity contribution < 1.29 is 19.1 Å². The van der Waals surface area contributed by atoms with Crippen LogP contribution >= 0.6 is 0 Å². The Balaban J connectivity index is 2.93. The van der Waals surface area contributed by atoms with Crippen molar-refractivity contribution in [3.05, 3.63) is 39.7 Å². The van der Waals surface area contributed by atoms with Crippen LogP contribution in [-0.4, -0.2) is 17.2 Å². The first-order valence-corrected chi connectivity index (χ1v) is 4.80. The number of aromatic hydroxyl groups is 1. The highest BCUT2D eigenvalue weighted by Gasteiger charge is 2.12. The molecule has 0 aliphatic rings. The van der Waals surface area contributed by atoms with Crippen LogP contribution in [0, 0.1) is 0 Å². The van der Waals surface area contributed by atoms with E-state index in [2.05, 4.69) is 0 Å². The Morgan fingerprint density at radius 2 is 2.06 bits per heavy atom. The highest BCUT2D eigenvalue weighted by atomic mass is 16.4. The van der Waals surface area contributed by atoms with Crippen LogP contribution in [0.5, 0.6) is 5.75 Å². The summed E-state index contributed by atoms with van der Waals surface area (Å²) in [4.78, 5) is 33.2. The van der Waals surface area contributed by atoms with Gasteiger partial charge in [-0.1, -0.05) is 0 Å². The first kappa shape index (κ1) is 11.1. The molecule has 0 saturated carbocycles. The number of aldehydes is 1. The molecule has 0 unspecified atom stereocenters. The molecule has 2 aromatic rings. The Kier molecular flexibility index (Phi) is 2.51. The molecule has 17 heavy (non-hydrogen) atoms. The number of rotatable bonds is 2. The Hall–Kier alpha value is -2.43. The smallest absolute Gasteiger partial charge is 0.336 e. The molecule has 5 heteroatoms. The number of hydrogen-bond donors (Lipinski definition) is 1. The SMILES string of the molecule is CC(=O)c1cc2c(C=O)cc(=O)oc2cc1O. The van der Waals surface area contributed by atoms with Gasteiger partial charge in [-0.25, -0.2) is 4.79 Å². The minimum Gasteiger partial charge on any atom is -0.507 e. The Labute approximate surface area is 95.3 Å². The molecule has 5 nitrogen and oxygen atoms in total. The Morgan fingerprint density at radius 1 is 1.35 bits per heavy atom. The molecule has 0 spiro atoms. The van der Waals surface area contributed by atoms with Crippen molar-refractivity contribution in [1.29, 1.82) is 0 Å². The van der Waals surface area contributed by atoms with E-state index in [-0.39, 0.29) is 28.2 Å². The van der Waals surface area contributed by atoms with Gasteiger partial charge in [0.2, 0.25) is 0 Å². The maximum Gasteiger partial charge on any atom is 0.336 e. The largest absolute Gasteiger partial charge is 0.507 e. The number of phenols is 1. The number of carbonyl (C=O) groups excluding carboxylic acids is 2. The third-order valence-electron chi connectivity index (χ3n) is 2.40. The molecule has 0 radical (unpaired) electrons. The highest BCUT2D eigenvalue weighted by Crippen LogP contribution is 2.26. The normalized spacial score (nSPS) is 10.4. The maximum absolute atomic E-state index is 11.2. The predicted molar refractivity (Wildman–Crippen MR) is 59.5 cm³/mol. The van der Waals surface area contributed by atoms with Gasteiger partial charge in [-0.05, 0) is 13.0 Å². The van der Waals surface area contributed by atoms with Gasteiger partial charge in [0.1, 0.15) is 11.3 Å². The van der Waals surface area contributed by atoms with E-state index in [1.54, 1.807) is 0 Å². The summed E-state index contributed by atoms with van der Waals surface area (Å²) in [5.41, 5.74) is -0.412. The molecule has 1 aromatic heterocycles. The Morgan fingerprint density at radius 3 is 2.65 bits per heavy atom. The van der Waals surface area contributed by atoms with Gasteiger partial charge in [-0.3, -0.25) is 9.59 Å². The van der Waals surface area contributed by atoms with Crippen LogP contribution in [0.4, 0.5) is 0 Å². The summed E-state index contributed by atoms with van der Waals surface area (Å²) < 4.78 is 4.83. The van der Waals surface area contributed by atoms with Gasteiger partial charge in [-0.15, -0.1) is 0 Å². The lowest BCUT2D eigenvalue weighted by atomic mass is 10.0. The highest BCUT2D eigenvalue weighted by molar-refractivity contribution is 6.03. The van der Waals surface area contributed by atoms with Crippen LogP contribution in [0.3, 0.4) is 0 Å². The second kappa shape index (κ2) is 3.86. The molecule has 86 valence electrons. The molecule has 0 fully saturated rings. The number of phenolic OH excluding ortho intramolecular Hbond substituents is 1. The number of ketones is 1. The molecule has 1 N–H and O–H groups in total. The van der Waals surface area contributed by atoms with E-state index < -0.39 is 5.63 Å². The molecule has 0 saturated heterocycles. The molecular formula is C12H8O5. The topological polar surface area (TPSA) is 84.6 Å². The molecular weight excluding hydrogens is 224 g/mol. The van der Waals surface area contributed by atoms with Gasteiger partial charge in [0.25, 0.3) is 0 Å². The molecule has 0 aliphatic carbocycles. The van der Waals surface area contributed by atoms with E-state index in [0.29, 0.717) is 11.7 Å². The fourth-order valence-corrected chi connectivity index (χ4v) is 1.60. The molecule has 0 aliphatic heterocycles. The van der Waals surface area contributed by atoms with Gasteiger partial charge in [0.15, 0.2) is 12.1 Å². The molecule has 1 heterocycles. The number of hydrogen-bond acceptors (Lipinski definition) is 5. The monoisotopic (exact) mass is 232 g/mol. The number of benzene rings is 1. The van der Waals surface area contributed by atoms with Crippen molar-refractivity contribution >= 4 is 23.0 Å². The van der Waals surface area contributed by atoms with Gasteiger partial charge >= 0.3 is 5.63 Å². The van der Waals surface area contributed by atoms with Gasteiger partial charge < -0.3 is 9.52 Å². The average molecular weight is 232 g/mol. The third-order valence-corrected chi connectivity index (χ3v) is 2.40. The third kappa shape index (κ3) is 1.82. The fourth-order valence-electron chi connectivity index (χ4n) is 1.60. The van der Waals surface area contributed by atoms with Gasteiger partial charge in [0, 0.05) is 23.1 Å². The predicted octanol–water partition coefficient (Wildman–Crippen LogP) is 1.51. The van der Waals surface area contributed by atoms with Crippen LogP contribution in [0.2, 0.25) is 0 Å². The van der Waals surface area contributed by atoms with Crippen LogP contribution in [0.1, 0.15) is 27.6 Å². The van der Waals surface area contributed by atoms with Crippen molar-refractivity contribution in [2.45, 2.75) is 6.92 Å². The van der Waals surface area contributed by atoms with Gasteiger partial charge in [0.05, 0.1) is 5.56 Å². The molecule has 0 atom stereocenters. The van der Waals surface area contributed by atoms with Crippen LogP contribution in [-0.2, 0) is 0 Å². The quantitative estimate of drug-likeness (QED) is 0.482. The van der Waals surface area contributed by atoms with Gasteiger partial charge in [-0.2, -0.15) is 0 Å². The minimum atomic E-state index is -0.686. The zero-order valence-corrected chi connectivity index (χ0v) is 8.89. The summed E-state index contributed by atoms with van der Waals surface area (Å²) in [5, 5.41) is 9.88. The summed E-state index contributed by atoms with van der Waals surface area (Å²) in [6, 6.07) is 3.52. The maximum atomic E-state index is 11.2. The van der Waals surface area contributed by atoms with E-state index in [1.165, 1.54) is 13.0 Å². The number of carbonyl (C=O) groups is 2. The first-order valence-electron chi connectivity index (χ1n) is 4.80. The molecule has 0 bridgehead atoms. The zero-order valence-electron chi connectivity index (χ0n) is 8.89. The van der Waals surface area contributed by atoms with Crippen LogP contribution in [0.25, 0.3) is 11.0 Å². The van der Waals surface area contributed by atoms with Crippen molar-refractivity contribution in [3.63, 3.8) is 0 Å².